The summed E-state index contributed by atoms with van der Waals surface area (Å²) in [5.41, 5.74) is -0.169. The molecule has 1 heterocycles. The molecule has 0 aromatic heterocycles. The number of rotatable bonds is 6. The molecule has 1 atom stereocenters. The molecule has 4 nitrogen and oxygen atoms in total. The van der Waals surface area contributed by atoms with Crippen LogP contribution in [-0.2, 0) is 6.18 Å². The standard InChI is InChI=1S/C26H27F3N2O2.H2S/c1-16(2)31-14-20(15-31)17(3)30-25(32)19-7-12-23-18(13-19)5-4-6-24(23)33-22-10-8-21(9-11-22)26(27,28)29;/h4-13,16-17,20H,14-15H2,1-3H3,(H,30,32);1H2/t17-;/m0./s1. The van der Waals surface area contributed by atoms with Gasteiger partial charge in [0.2, 0.25) is 0 Å². The Hall–Kier alpha value is -2.71. The van der Waals surface area contributed by atoms with E-state index in [1.807, 2.05) is 13.0 Å². The van der Waals surface area contributed by atoms with Crippen LogP contribution in [0.3, 0.4) is 0 Å². The molecule has 1 aliphatic rings. The lowest BCUT2D eigenvalue weighted by atomic mass is 9.91. The molecule has 1 saturated heterocycles. The van der Waals surface area contributed by atoms with Crippen LogP contribution >= 0.6 is 13.5 Å². The van der Waals surface area contributed by atoms with Gasteiger partial charge in [-0.1, -0.05) is 12.1 Å². The number of nitrogens with zero attached hydrogens (tertiary/aromatic N) is 1. The summed E-state index contributed by atoms with van der Waals surface area (Å²) in [6.45, 7) is 8.36. The minimum absolute atomic E-state index is 0. The second-order valence-electron chi connectivity index (χ2n) is 8.89. The van der Waals surface area contributed by atoms with Gasteiger partial charge >= 0.3 is 6.18 Å². The van der Waals surface area contributed by atoms with Crippen LogP contribution in [0.15, 0.2) is 60.7 Å². The number of fused-ring (bicyclic) bond motifs is 1. The van der Waals surface area contributed by atoms with Crippen LogP contribution in [0.2, 0.25) is 0 Å². The summed E-state index contributed by atoms with van der Waals surface area (Å²) in [6, 6.07) is 15.9. The topological polar surface area (TPSA) is 41.6 Å². The molecule has 1 fully saturated rings. The van der Waals surface area contributed by atoms with E-state index in [0.29, 0.717) is 29.0 Å². The second kappa shape index (κ2) is 10.3. The molecule has 0 aliphatic carbocycles. The van der Waals surface area contributed by atoms with E-state index in [2.05, 4.69) is 24.1 Å². The highest BCUT2D eigenvalue weighted by molar-refractivity contribution is 7.59. The predicted octanol–water partition coefficient (Wildman–Crippen LogP) is 6.22. The normalized spacial score (nSPS) is 15.5. The summed E-state index contributed by atoms with van der Waals surface area (Å²) < 4.78 is 44.2. The SMILES string of the molecule is CC(C)N1CC([C@H](C)NC(=O)c2ccc3c(Oc4ccc(C(F)(F)F)cc4)cccc3c2)C1.S. The van der Waals surface area contributed by atoms with Crippen molar-refractivity contribution in [2.45, 2.75) is 39.0 Å². The predicted molar refractivity (Wildman–Crippen MR) is 133 cm³/mol. The maximum Gasteiger partial charge on any atom is 0.416 e. The van der Waals surface area contributed by atoms with Crippen molar-refractivity contribution in [2.24, 2.45) is 5.92 Å². The highest BCUT2D eigenvalue weighted by Crippen LogP contribution is 2.34. The largest absolute Gasteiger partial charge is 0.457 e. The van der Waals surface area contributed by atoms with E-state index in [9.17, 15) is 18.0 Å². The summed E-state index contributed by atoms with van der Waals surface area (Å²) in [4.78, 5) is 15.2. The van der Waals surface area contributed by atoms with Crippen molar-refractivity contribution in [1.82, 2.24) is 10.2 Å². The number of ether oxygens (including phenoxy) is 1. The Labute approximate surface area is 204 Å². The number of likely N-dealkylation sites (tertiary alicyclic amines) is 1. The van der Waals surface area contributed by atoms with Gasteiger partial charge in [-0.2, -0.15) is 26.7 Å². The minimum atomic E-state index is -4.39. The highest BCUT2D eigenvalue weighted by Gasteiger charge is 2.33. The number of hydrogen-bond donors (Lipinski definition) is 1. The van der Waals surface area contributed by atoms with Crippen LogP contribution in [0.5, 0.6) is 11.5 Å². The van der Waals surface area contributed by atoms with Gasteiger partial charge in [0.25, 0.3) is 5.91 Å². The van der Waals surface area contributed by atoms with Crippen LogP contribution < -0.4 is 10.1 Å². The quantitative estimate of drug-likeness (QED) is 0.446. The van der Waals surface area contributed by atoms with Crippen LogP contribution in [-0.4, -0.2) is 36.0 Å². The van der Waals surface area contributed by atoms with Gasteiger partial charge in [-0.15, -0.1) is 0 Å². The van der Waals surface area contributed by atoms with Gasteiger partial charge in [-0.05, 0) is 74.7 Å². The maximum atomic E-state index is 12.8. The molecule has 0 bridgehead atoms. The third kappa shape index (κ3) is 5.67. The third-order valence-electron chi connectivity index (χ3n) is 6.25. The Balaban J connectivity index is 0.00000324. The fourth-order valence-corrected chi connectivity index (χ4v) is 4.02. The van der Waals surface area contributed by atoms with Crippen LogP contribution in [0.1, 0.15) is 36.7 Å². The molecular weight excluding hydrogens is 461 g/mol. The van der Waals surface area contributed by atoms with E-state index in [1.165, 1.54) is 12.1 Å². The molecule has 34 heavy (non-hydrogen) atoms. The van der Waals surface area contributed by atoms with E-state index in [-0.39, 0.29) is 25.4 Å². The number of amides is 1. The van der Waals surface area contributed by atoms with Crippen molar-refractivity contribution in [3.05, 3.63) is 71.8 Å². The van der Waals surface area contributed by atoms with Crippen molar-refractivity contribution in [3.63, 3.8) is 0 Å². The molecule has 3 aromatic rings. The fraction of sp³-hybridized carbons (Fsp3) is 0.346. The molecule has 0 radical (unpaired) electrons. The molecule has 8 heteroatoms. The minimum Gasteiger partial charge on any atom is -0.457 e. The van der Waals surface area contributed by atoms with Gasteiger partial charge in [0, 0.05) is 42.0 Å². The molecule has 3 aromatic carbocycles. The number of halogens is 3. The molecule has 0 unspecified atom stereocenters. The lowest BCUT2D eigenvalue weighted by Gasteiger charge is -2.45. The Morgan fingerprint density at radius 3 is 2.32 bits per heavy atom. The highest BCUT2D eigenvalue weighted by atomic mass is 32.1. The zero-order chi connectivity index (χ0) is 23.8. The number of alkyl halides is 3. The number of carbonyl (C=O) groups excluding carboxylic acids is 1. The number of nitrogens with one attached hydrogen (secondary N) is 1. The molecule has 4 rings (SSSR count). The Morgan fingerprint density at radius 1 is 1.03 bits per heavy atom. The molecule has 0 saturated carbocycles. The Morgan fingerprint density at radius 2 is 1.71 bits per heavy atom. The van der Waals surface area contributed by atoms with Gasteiger partial charge < -0.3 is 15.0 Å². The number of carbonyl (C=O) groups is 1. The summed E-state index contributed by atoms with van der Waals surface area (Å²) >= 11 is 0. The third-order valence-corrected chi connectivity index (χ3v) is 6.25. The smallest absolute Gasteiger partial charge is 0.416 e. The summed E-state index contributed by atoms with van der Waals surface area (Å²) in [5, 5.41) is 4.69. The first-order valence-corrected chi connectivity index (χ1v) is 11.0. The van der Waals surface area contributed by atoms with Gasteiger partial charge in [-0.3, -0.25) is 4.79 Å². The van der Waals surface area contributed by atoms with Gasteiger partial charge in [0.05, 0.1) is 5.56 Å². The average molecular weight is 491 g/mol. The van der Waals surface area contributed by atoms with E-state index in [0.717, 1.165) is 36.0 Å². The van der Waals surface area contributed by atoms with E-state index < -0.39 is 11.7 Å². The van der Waals surface area contributed by atoms with Gasteiger partial charge in [0.15, 0.2) is 0 Å². The van der Waals surface area contributed by atoms with Gasteiger partial charge in [-0.25, -0.2) is 0 Å². The van der Waals surface area contributed by atoms with E-state index in [4.69, 9.17) is 4.74 Å². The molecule has 182 valence electrons. The first kappa shape index (κ1) is 25.9. The van der Waals surface area contributed by atoms with E-state index >= 15 is 0 Å². The van der Waals surface area contributed by atoms with Crippen molar-refractivity contribution < 1.29 is 22.7 Å². The average Bonchev–Trinajstić information content (AvgIpc) is 2.72. The first-order chi connectivity index (χ1) is 15.6. The monoisotopic (exact) mass is 490 g/mol. The van der Waals surface area contributed by atoms with Gasteiger partial charge in [0.1, 0.15) is 11.5 Å². The molecular formula is C26H29F3N2O2S. The number of benzene rings is 3. The summed E-state index contributed by atoms with van der Waals surface area (Å²) in [5.74, 6) is 1.14. The van der Waals surface area contributed by atoms with Crippen LogP contribution in [0.25, 0.3) is 10.8 Å². The summed E-state index contributed by atoms with van der Waals surface area (Å²) in [7, 11) is 0. The van der Waals surface area contributed by atoms with Crippen molar-refractivity contribution >= 4 is 30.2 Å². The summed E-state index contributed by atoms with van der Waals surface area (Å²) in [6.07, 6.45) is -4.39. The number of hydrogen-bond acceptors (Lipinski definition) is 3. The van der Waals surface area contributed by atoms with E-state index in [1.54, 1.807) is 30.3 Å². The molecule has 1 aliphatic heterocycles. The first-order valence-electron chi connectivity index (χ1n) is 11.0. The van der Waals surface area contributed by atoms with Crippen molar-refractivity contribution in [3.8, 4) is 11.5 Å². The molecule has 0 spiro atoms. The molecule has 1 amide bonds. The Kier molecular flexibility index (Phi) is 7.83. The van der Waals surface area contributed by atoms with Crippen LogP contribution in [0, 0.1) is 5.92 Å². The second-order valence-corrected chi connectivity index (χ2v) is 8.89. The maximum absolute atomic E-state index is 12.8. The zero-order valence-corrected chi connectivity index (χ0v) is 20.3. The fourth-order valence-electron chi connectivity index (χ4n) is 4.02. The van der Waals surface area contributed by atoms with Crippen molar-refractivity contribution in [1.29, 1.82) is 0 Å². The lowest BCUT2D eigenvalue weighted by Crippen LogP contribution is -2.57. The van der Waals surface area contributed by atoms with Crippen LogP contribution in [0.4, 0.5) is 13.2 Å². The molecule has 1 N–H and O–H groups in total. The van der Waals surface area contributed by atoms with Crippen molar-refractivity contribution in [2.75, 3.05) is 13.1 Å². The Bertz CT molecular complexity index is 1140. The lowest BCUT2D eigenvalue weighted by molar-refractivity contribution is -0.137. The zero-order valence-electron chi connectivity index (χ0n) is 19.3.